The minimum absolute atomic E-state index is 0.286. The predicted octanol–water partition coefficient (Wildman–Crippen LogP) is 2.64. The van der Waals surface area contributed by atoms with Gasteiger partial charge in [0.15, 0.2) is 0 Å². The Morgan fingerprint density at radius 2 is 1.89 bits per heavy atom. The molecule has 0 unspecified atom stereocenters. The van der Waals surface area contributed by atoms with Crippen LogP contribution in [0.3, 0.4) is 0 Å². The third-order valence-corrected chi connectivity index (χ3v) is 1.86. The van der Waals surface area contributed by atoms with Gasteiger partial charge in [-0.15, -0.1) is 0 Å². The Kier molecular flexibility index (Phi) is 3.54. The van der Waals surface area contributed by atoms with Gasteiger partial charge in [0.1, 0.15) is 11.4 Å². The Morgan fingerprint density at radius 3 is 2.33 bits per heavy atom. The van der Waals surface area contributed by atoms with Crippen LogP contribution in [0.15, 0.2) is 12.3 Å². The molecule has 1 heterocycles. The molecule has 0 saturated carbocycles. The Hall–Kier alpha value is -1.79. The molecule has 0 aromatic carbocycles. The van der Waals surface area contributed by atoms with E-state index in [1.54, 1.807) is 20.8 Å². The SMILES string of the molecule is CC(C)(C)OC(=O)c1cnc(N)c(C(F)(F)F)c1. The number of carbonyl (C=O) groups is 1. The number of pyridine rings is 1. The number of hydrogen-bond acceptors (Lipinski definition) is 4. The van der Waals surface area contributed by atoms with Crippen molar-refractivity contribution >= 4 is 11.8 Å². The van der Waals surface area contributed by atoms with E-state index in [1.165, 1.54) is 0 Å². The second kappa shape index (κ2) is 4.47. The number of nitrogen functional groups attached to an aromatic ring is 1. The summed E-state index contributed by atoms with van der Waals surface area (Å²) in [5.41, 5.74) is 2.89. The van der Waals surface area contributed by atoms with Gasteiger partial charge in [0.25, 0.3) is 0 Å². The second-order valence-corrected chi connectivity index (χ2v) is 4.66. The van der Waals surface area contributed by atoms with E-state index in [-0.39, 0.29) is 5.56 Å². The van der Waals surface area contributed by atoms with Crippen molar-refractivity contribution in [3.8, 4) is 0 Å². The molecule has 2 N–H and O–H groups in total. The number of nitrogens with two attached hydrogens (primary N) is 1. The first kappa shape index (κ1) is 14.3. The average molecular weight is 262 g/mol. The van der Waals surface area contributed by atoms with E-state index in [9.17, 15) is 18.0 Å². The summed E-state index contributed by atoms with van der Waals surface area (Å²) in [6.45, 7) is 4.83. The number of ether oxygens (including phenoxy) is 1. The first-order valence-corrected chi connectivity index (χ1v) is 5.07. The molecule has 0 bridgehead atoms. The zero-order chi connectivity index (χ0) is 14.1. The maximum absolute atomic E-state index is 12.6. The molecule has 0 radical (unpaired) electrons. The molecule has 7 heteroatoms. The average Bonchev–Trinajstić information content (AvgIpc) is 2.13. The maximum Gasteiger partial charge on any atom is 0.419 e. The molecule has 0 atom stereocenters. The van der Waals surface area contributed by atoms with Gasteiger partial charge in [-0.1, -0.05) is 0 Å². The number of alkyl halides is 3. The van der Waals surface area contributed by atoms with Gasteiger partial charge in [-0.05, 0) is 26.8 Å². The minimum atomic E-state index is -4.66. The van der Waals surface area contributed by atoms with Crippen molar-refractivity contribution in [2.24, 2.45) is 0 Å². The van der Waals surface area contributed by atoms with E-state index in [0.717, 1.165) is 6.20 Å². The molecule has 0 fully saturated rings. The van der Waals surface area contributed by atoms with Gasteiger partial charge in [0.05, 0.1) is 11.1 Å². The number of nitrogens with zero attached hydrogens (tertiary/aromatic N) is 1. The first-order valence-electron chi connectivity index (χ1n) is 5.07. The van der Waals surface area contributed by atoms with Crippen LogP contribution in [-0.4, -0.2) is 16.6 Å². The number of halogens is 3. The first-order chi connectivity index (χ1) is 8.00. The third kappa shape index (κ3) is 3.61. The van der Waals surface area contributed by atoms with Crippen molar-refractivity contribution in [3.63, 3.8) is 0 Å². The predicted molar refractivity (Wildman–Crippen MR) is 58.8 cm³/mol. The molecule has 0 spiro atoms. The lowest BCUT2D eigenvalue weighted by Gasteiger charge is -2.19. The van der Waals surface area contributed by atoms with Crippen LogP contribution in [0.1, 0.15) is 36.7 Å². The van der Waals surface area contributed by atoms with Crippen LogP contribution in [0.2, 0.25) is 0 Å². The fraction of sp³-hybridized carbons (Fsp3) is 0.455. The summed E-state index contributed by atoms with van der Waals surface area (Å²) in [4.78, 5) is 14.9. The zero-order valence-electron chi connectivity index (χ0n) is 10.1. The quantitative estimate of drug-likeness (QED) is 0.790. The highest BCUT2D eigenvalue weighted by Gasteiger charge is 2.35. The van der Waals surface area contributed by atoms with Gasteiger partial charge in [-0.2, -0.15) is 13.2 Å². The Bertz CT molecular complexity index is 464. The zero-order valence-corrected chi connectivity index (χ0v) is 10.1. The summed E-state index contributed by atoms with van der Waals surface area (Å²) in [7, 11) is 0. The van der Waals surface area contributed by atoms with Crippen molar-refractivity contribution in [2.45, 2.75) is 32.5 Å². The fourth-order valence-corrected chi connectivity index (χ4v) is 1.15. The largest absolute Gasteiger partial charge is 0.456 e. The van der Waals surface area contributed by atoms with Gasteiger partial charge in [-0.3, -0.25) is 0 Å². The highest BCUT2D eigenvalue weighted by Crippen LogP contribution is 2.33. The molecule has 1 aromatic heterocycles. The van der Waals surface area contributed by atoms with Gasteiger partial charge in [-0.25, -0.2) is 9.78 Å². The number of aromatic nitrogens is 1. The van der Waals surface area contributed by atoms with Crippen LogP contribution >= 0.6 is 0 Å². The van der Waals surface area contributed by atoms with E-state index in [1.807, 2.05) is 0 Å². The maximum atomic E-state index is 12.6. The van der Waals surface area contributed by atoms with Crippen molar-refractivity contribution in [1.29, 1.82) is 0 Å². The molecule has 0 saturated heterocycles. The van der Waals surface area contributed by atoms with Gasteiger partial charge in [0, 0.05) is 6.20 Å². The van der Waals surface area contributed by atoms with E-state index in [2.05, 4.69) is 4.98 Å². The molecule has 1 rings (SSSR count). The number of carbonyl (C=O) groups excluding carboxylic acids is 1. The lowest BCUT2D eigenvalue weighted by atomic mass is 10.1. The van der Waals surface area contributed by atoms with Crippen LogP contribution in [0.5, 0.6) is 0 Å². The smallest absolute Gasteiger partial charge is 0.419 e. The van der Waals surface area contributed by atoms with Crippen LogP contribution < -0.4 is 5.73 Å². The van der Waals surface area contributed by atoms with E-state index >= 15 is 0 Å². The van der Waals surface area contributed by atoms with E-state index < -0.39 is 29.1 Å². The normalized spacial score (nSPS) is 12.3. The molecular formula is C11H13F3N2O2. The molecule has 18 heavy (non-hydrogen) atoms. The molecule has 4 nitrogen and oxygen atoms in total. The molecule has 100 valence electrons. The molecule has 1 aromatic rings. The Balaban J connectivity index is 3.10. The van der Waals surface area contributed by atoms with E-state index in [4.69, 9.17) is 10.5 Å². The third-order valence-electron chi connectivity index (χ3n) is 1.86. The Labute approximate surface area is 102 Å². The monoisotopic (exact) mass is 262 g/mol. The summed E-state index contributed by atoms with van der Waals surface area (Å²) in [5, 5.41) is 0. The molecular weight excluding hydrogens is 249 g/mol. The number of rotatable bonds is 1. The number of esters is 1. The summed E-state index contributed by atoms with van der Waals surface area (Å²) in [6.07, 6.45) is -3.70. The summed E-state index contributed by atoms with van der Waals surface area (Å²) in [5.74, 6) is -1.55. The van der Waals surface area contributed by atoms with Crippen molar-refractivity contribution in [2.75, 3.05) is 5.73 Å². The van der Waals surface area contributed by atoms with Crippen molar-refractivity contribution < 1.29 is 22.7 Å². The summed E-state index contributed by atoms with van der Waals surface area (Å²) < 4.78 is 42.6. The summed E-state index contributed by atoms with van der Waals surface area (Å²) >= 11 is 0. The van der Waals surface area contributed by atoms with Gasteiger partial charge in [0.2, 0.25) is 0 Å². The van der Waals surface area contributed by atoms with Crippen molar-refractivity contribution in [3.05, 3.63) is 23.4 Å². The van der Waals surface area contributed by atoms with Crippen LogP contribution in [0, 0.1) is 0 Å². The van der Waals surface area contributed by atoms with Crippen LogP contribution in [0.4, 0.5) is 19.0 Å². The van der Waals surface area contributed by atoms with Gasteiger partial charge < -0.3 is 10.5 Å². The highest BCUT2D eigenvalue weighted by molar-refractivity contribution is 5.89. The number of anilines is 1. The summed E-state index contributed by atoms with van der Waals surface area (Å²) in [6, 6.07) is 0.635. The van der Waals surface area contributed by atoms with Crippen LogP contribution in [0.25, 0.3) is 0 Å². The lowest BCUT2D eigenvalue weighted by Crippen LogP contribution is -2.24. The van der Waals surface area contributed by atoms with Crippen LogP contribution in [-0.2, 0) is 10.9 Å². The van der Waals surface area contributed by atoms with Gasteiger partial charge >= 0.3 is 12.1 Å². The molecule has 0 aliphatic carbocycles. The highest BCUT2D eigenvalue weighted by atomic mass is 19.4. The van der Waals surface area contributed by atoms with Crippen molar-refractivity contribution in [1.82, 2.24) is 4.98 Å². The Morgan fingerprint density at radius 1 is 1.33 bits per heavy atom. The molecule has 0 aliphatic rings. The van der Waals surface area contributed by atoms with E-state index in [0.29, 0.717) is 6.07 Å². The number of hydrogen-bond donors (Lipinski definition) is 1. The fourth-order valence-electron chi connectivity index (χ4n) is 1.15. The molecule has 0 amide bonds. The second-order valence-electron chi connectivity index (χ2n) is 4.66. The minimum Gasteiger partial charge on any atom is -0.456 e. The topological polar surface area (TPSA) is 65.2 Å². The standard InChI is InChI=1S/C11H13F3N2O2/c1-10(2,3)18-9(17)6-4-7(11(12,13)14)8(15)16-5-6/h4-5H,1-3H3,(H2,15,16). The molecule has 0 aliphatic heterocycles. The lowest BCUT2D eigenvalue weighted by molar-refractivity contribution is -0.137.